The molecular formula is C25H39N5O2. The van der Waals surface area contributed by atoms with Gasteiger partial charge in [-0.1, -0.05) is 6.08 Å². The predicted octanol–water partition coefficient (Wildman–Crippen LogP) is 2.40. The molecule has 1 aromatic rings. The maximum Gasteiger partial charge on any atom is 0.133 e. The predicted molar refractivity (Wildman–Crippen MR) is 129 cm³/mol. The molecule has 2 fully saturated rings. The van der Waals surface area contributed by atoms with E-state index in [0.717, 1.165) is 76.1 Å². The molecule has 1 aromatic carbocycles. The number of hydrogen-bond acceptors (Lipinski definition) is 7. The van der Waals surface area contributed by atoms with Crippen LogP contribution in [-0.2, 0) is 11.2 Å². The molecule has 0 aliphatic carbocycles. The quantitative estimate of drug-likeness (QED) is 0.464. The summed E-state index contributed by atoms with van der Waals surface area (Å²) in [5, 5.41) is 18.4. The minimum atomic E-state index is 0.0314. The molecule has 0 radical (unpaired) electrons. The average Bonchev–Trinajstić information content (AvgIpc) is 3.10. The minimum Gasteiger partial charge on any atom is -0.492 e. The summed E-state index contributed by atoms with van der Waals surface area (Å²) in [4.78, 5) is 0. The normalized spacial score (nSPS) is 29.0. The molecule has 5 rings (SSSR count). The summed E-state index contributed by atoms with van der Waals surface area (Å²) in [5.74, 6) is 1.82. The summed E-state index contributed by atoms with van der Waals surface area (Å²) >= 11 is 0. The fourth-order valence-corrected chi connectivity index (χ4v) is 5.35. The van der Waals surface area contributed by atoms with E-state index in [2.05, 4.69) is 51.7 Å². The van der Waals surface area contributed by atoms with Crippen molar-refractivity contribution in [3.8, 4) is 5.75 Å². The van der Waals surface area contributed by atoms with Crippen molar-refractivity contribution in [2.45, 2.75) is 63.9 Å². The number of fused-ring (bicyclic) bond motifs is 1. The van der Waals surface area contributed by atoms with Crippen molar-refractivity contribution in [2.24, 2.45) is 5.92 Å². The van der Waals surface area contributed by atoms with E-state index in [1.54, 1.807) is 0 Å². The molecule has 7 heteroatoms. The van der Waals surface area contributed by atoms with E-state index in [-0.39, 0.29) is 6.29 Å². The Bertz CT molecular complexity index is 808. The van der Waals surface area contributed by atoms with Crippen molar-refractivity contribution in [3.05, 3.63) is 29.3 Å². The molecule has 4 aliphatic rings. The summed E-state index contributed by atoms with van der Waals surface area (Å²) in [7, 11) is 0. The number of allylic oxidation sites excluding steroid dienone is 1. The molecule has 5 N–H and O–H groups in total. The Morgan fingerprint density at radius 1 is 1.09 bits per heavy atom. The second-order valence-corrected chi connectivity index (χ2v) is 9.71. The topological polar surface area (TPSA) is 78.6 Å². The van der Waals surface area contributed by atoms with Crippen LogP contribution in [-0.4, -0.2) is 58.0 Å². The van der Waals surface area contributed by atoms with Crippen LogP contribution in [0.3, 0.4) is 0 Å². The lowest BCUT2D eigenvalue weighted by molar-refractivity contribution is 0.0639. The van der Waals surface area contributed by atoms with Crippen LogP contribution in [0.2, 0.25) is 0 Å². The van der Waals surface area contributed by atoms with Crippen LogP contribution >= 0.6 is 0 Å². The first-order valence-corrected chi connectivity index (χ1v) is 12.5. The van der Waals surface area contributed by atoms with Gasteiger partial charge in [-0.2, -0.15) is 0 Å². The zero-order valence-corrected chi connectivity index (χ0v) is 19.3. The van der Waals surface area contributed by atoms with Crippen molar-refractivity contribution in [1.82, 2.24) is 21.3 Å². The first-order valence-electron chi connectivity index (χ1n) is 12.5. The van der Waals surface area contributed by atoms with E-state index < -0.39 is 0 Å². The number of ether oxygens (including phenoxy) is 2. The molecular weight excluding hydrogens is 402 g/mol. The number of anilines is 1. The molecule has 32 heavy (non-hydrogen) atoms. The van der Waals surface area contributed by atoms with E-state index in [4.69, 9.17) is 9.47 Å². The Balaban J connectivity index is 1.26. The van der Waals surface area contributed by atoms with Crippen LogP contribution in [0.4, 0.5) is 5.69 Å². The minimum absolute atomic E-state index is 0.0314. The Morgan fingerprint density at radius 2 is 2.00 bits per heavy atom. The van der Waals surface area contributed by atoms with Gasteiger partial charge in [0.15, 0.2) is 0 Å². The fraction of sp³-hybridized carbons (Fsp3) is 0.680. The monoisotopic (exact) mass is 441 g/mol. The van der Waals surface area contributed by atoms with E-state index >= 15 is 0 Å². The molecule has 2 saturated heterocycles. The summed E-state index contributed by atoms with van der Waals surface area (Å²) in [6.45, 7) is 7.94. The smallest absolute Gasteiger partial charge is 0.133 e. The van der Waals surface area contributed by atoms with Crippen molar-refractivity contribution >= 4 is 11.3 Å². The standard InChI is InChI=1S/C25H39N5O2/c1-17-13-23(27-16-18-5-10-31-11-6-18)30-25(28-17)29-21-14-20-7-12-32-24(20)22(15-21)19-3-2-8-26-9-4-19/h4,14-15,17-18,23,25-30H,2-3,5-13,16H2,1H3. The molecule has 0 spiro atoms. The van der Waals surface area contributed by atoms with Gasteiger partial charge in [-0.3, -0.25) is 10.6 Å². The average molecular weight is 442 g/mol. The number of hydrogen-bond donors (Lipinski definition) is 5. The van der Waals surface area contributed by atoms with Crippen molar-refractivity contribution in [3.63, 3.8) is 0 Å². The SMILES string of the molecule is CC1CC(NCC2CCOCC2)NC(Nc2cc3c(c(C4=CCNCCC4)c2)OCC3)N1. The van der Waals surface area contributed by atoms with Crippen molar-refractivity contribution in [1.29, 1.82) is 0 Å². The largest absolute Gasteiger partial charge is 0.492 e. The third kappa shape index (κ3) is 5.46. The summed E-state index contributed by atoms with van der Waals surface area (Å²) in [6, 6.07) is 5.00. The summed E-state index contributed by atoms with van der Waals surface area (Å²) < 4.78 is 11.6. The maximum absolute atomic E-state index is 6.05. The number of nitrogens with one attached hydrogen (secondary N) is 5. The number of benzene rings is 1. The van der Waals surface area contributed by atoms with Gasteiger partial charge in [-0.25, -0.2) is 0 Å². The van der Waals surface area contributed by atoms with Gasteiger partial charge in [0.25, 0.3) is 0 Å². The molecule has 3 unspecified atom stereocenters. The highest BCUT2D eigenvalue weighted by molar-refractivity contribution is 5.76. The third-order valence-corrected chi connectivity index (χ3v) is 7.14. The highest BCUT2D eigenvalue weighted by atomic mass is 16.5. The zero-order chi connectivity index (χ0) is 21.8. The van der Waals surface area contributed by atoms with Crippen LogP contribution in [0.5, 0.6) is 5.75 Å². The lowest BCUT2D eigenvalue weighted by Gasteiger charge is -2.38. The molecule has 0 aromatic heterocycles. The highest BCUT2D eigenvalue weighted by Crippen LogP contribution is 2.38. The summed E-state index contributed by atoms with van der Waals surface area (Å²) in [6.07, 6.45) is 9.34. The molecule has 0 bridgehead atoms. The van der Waals surface area contributed by atoms with Gasteiger partial charge in [0.2, 0.25) is 0 Å². The maximum atomic E-state index is 6.05. The Hall–Kier alpha value is -1.64. The van der Waals surface area contributed by atoms with Gasteiger partial charge in [-0.15, -0.1) is 0 Å². The van der Waals surface area contributed by atoms with Gasteiger partial charge in [0, 0.05) is 49.0 Å². The molecule has 3 atom stereocenters. The van der Waals surface area contributed by atoms with E-state index in [9.17, 15) is 0 Å². The van der Waals surface area contributed by atoms with Crippen molar-refractivity contribution < 1.29 is 9.47 Å². The van der Waals surface area contributed by atoms with Gasteiger partial charge < -0.3 is 25.4 Å². The Labute approximate surface area is 192 Å². The molecule has 4 aliphatic heterocycles. The van der Waals surface area contributed by atoms with E-state index in [1.165, 1.54) is 36.0 Å². The van der Waals surface area contributed by atoms with Gasteiger partial charge in [0.1, 0.15) is 12.0 Å². The number of rotatable bonds is 6. The van der Waals surface area contributed by atoms with E-state index in [1.807, 2.05) is 0 Å². The molecule has 0 saturated carbocycles. The van der Waals surface area contributed by atoms with Crippen LogP contribution in [0.1, 0.15) is 50.2 Å². The van der Waals surface area contributed by atoms with Gasteiger partial charge in [-0.05, 0) is 75.7 Å². The molecule has 176 valence electrons. The van der Waals surface area contributed by atoms with Crippen LogP contribution < -0.4 is 31.3 Å². The molecule has 4 heterocycles. The molecule has 7 nitrogen and oxygen atoms in total. The lowest BCUT2D eigenvalue weighted by Crippen LogP contribution is -2.64. The first-order chi connectivity index (χ1) is 15.7. The second-order valence-electron chi connectivity index (χ2n) is 9.71. The first kappa shape index (κ1) is 22.2. The van der Waals surface area contributed by atoms with Crippen LogP contribution in [0.15, 0.2) is 18.2 Å². The second kappa shape index (κ2) is 10.5. The highest BCUT2D eigenvalue weighted by Gasteiger charge is 2.27. The van der Waals surface area contributed by atoms with Crippen molar-refractivity contribution in [2.75, 3.05) is 44.8 Å². The molecule has 0 amide bonds. The fourth-order valence-electron chi connectivity index (χ4n) is 5.35. The lowest BCUT2D eigenvalue weighted by atomic mass is 9.96. The Morgan fingerprint density at radius 3 is 2.91 bits per heavy atom. The van der Waals surface area contributed by atoms with Crippen LogP contribution in [0, 0.1) is 5.92 Å². The van der Waals surface area contributed by atoms with E-state index in [0.29, 0.717) is 12.2 Å². The zero-order valence-electron chi connectivity index (χ0n) is 19.3. The third-order valence-electron chi connectivity index (χ3n) is 7.14. The van der Waals surface area contributed by atoms with Crippen LogP contribution in [0.25, 0.3) is 5.57 Å². The Kier molecular flexibility index (Phi) is 7.29. The van der Waals surface area contributed by atoms with Gasteiger partial charge >= 0.3 is 0 Å². The summed E-state index contributed by atoms with van der Waals surface area (Å²) in [5.41, 5.74) is 5.15. The van der Waals surface area contributed by atoms with Gasteiger partial charge in [0.05, 0.1) is 12.8 Å².